The molecule has 4 heteroatoms. The van der Waals surface area contributed by atoms with Crippen molar-refractivity contribution in [2.75, 3.05) is 5.32 Å². The van der Waals surface area contributed by atoms with E-state index >= 15 is 0 Å². The fourth-order valence-electron chi connectivity index (χ4n) is 1.97. The van der Waals surface area contributed by atoms with Crippen LogP contribution in [0.25, 0.3) is 0 Å². The van der Waals surface area contributed by atoms with Crippen LogP contribution in [0.5, 0.6) is 0 Å². The molecule has 104 valence electrons. The molecule has 1 atom stereocenters. The Labute approximate surface area is 126 Å². The second-order valence-electron chi connectivity index (χ2n) is 4.90. The van der Waals surface area contributed by atoms with Gasteiger partial charge in [0.25, 0.3) is 0 Å². The van der Waals surface area contributed by atoms with Crippen LogP contribution < -0.4 is 5.32 Å². The highest BCUT2D eigenvalue weighted by Gasteiger charge is 2.35. The summed E-state index contributed by atoms with van der Waals surface area (Å²) in [5.41, 5.74) is 1.38. The molecular formula is C16H16BrNO2. The molecule has 0 heterocycles. The molecule has 2 rings (SSSR count). The average Bonchev–Trinajstić information content (AvgIpc) is 2.42. The standard InChI is InChI=1S/C16H16BrNO2/c1-11-7-9-12(10-8-11)16(2,15(19)20)18-14-6-4-3-5-13(14)17/h3-10,18H,1-2H3,(H,19,20). The molecule has 2 aromatic rings. The number of para-hydroxylation sites is 1. The van der Waals surface area contributed by atoms with E-state index in [1.165, 1.54) is 0 Å². The molecule has 0 aliphatic heterocycles. The summed E-state index contributed by atoms with van der Waals surface area (Å²) in [4.78, 5) is 11.7. The number of aryl methyl sites for hydroxylation is 1. The molecule has 0 radical (unpaired) electrons. The van der Waals surface area contributed by atoms with Gasteiger partial charge in [0.05, 0.1) is 0 Å². The number of hydrogen-bond donors (Lipinski definition) is 2. The summed E-state index contributed by atoms with van der Waals surface area (Å²) in [6.07, 6.45) is 0. The Hall–Kier alpha value is -1.81. The molecule has 0 amide bonds. The molecule has 0 aliphatic rings. The van der Waals surface area contributed by atoms with Gasteiger partial charge >= 0.3 is 5.97 Å². The van der Waals surface area contributed by atoms with Crippen LogP contribution in [0.3, 0.4) is 0 Å². The fraction of sp³-hybridized carbons (Fsp3) is 0.188. The van der Waals surface area contributed by atoms with E-state index in [1.54, 1.807) is 6.92 Å². The smallest absolute Gasteiger partial charge is 0.333 e. The molecule has 0 saturated carbocycles. The van der Waals surface area contributed by atoms with Crippen LogP contribution in [0.4, 0.5) is 5.69 Å². The molecule has 2 N–H and O–H groups in total. The number of rotatable bonds is 4. The van der Waals surface area contributed by atoms with Gasteiger partial charge in [-0.3, -0.25) is 0 Å². The van der Waals surface area contributed by atoms with Crippen molar-refractivity contribution < 1.29 is 9.90 Å². The first-order chi connectivity index (χ1) is 9.43. The summed E-state index contributed by atoms with van der Waals surface area (Å²) in [7, 11) is 0. The van der Waals surface area contributed by atoms with E-state index in [1.807, 2.05) is 55.5 Å². The lowest BCUT2D eigenvalue weighted by Gasteiger charge is -2.28. The van der Waals surface area contributed by atoms with Crippen molar-refractivity contribution in [3.05, 3.63) is 64.1 Å². The highest BCUT2D eigenvalue weighted by molar-refractivity contribution is 9.10. The summed E-state index contributed by atoms with van der Waals surface area (Å²) >= 11 is 3.43. The van der Waals surface area contributed by atoms with Crippen molar-refractivity contribution in [2.45, 2.75) is 19.4 Å². The number of carbonyl (C=O) groups is 1. The monoisotopic (exact) mass is 333 g/mol. The Morgan fingerprint density at radius 3 is 2.30 bits per heavy atom. The zero-order valence-corrected chi connectivity index (χ0v) is 12.9. The lowest BCUT2D eigenvalue weighted by molar-refractivity contribution is -0.142. The summed E-state index contributed by atoms with van der Waals surface area (Å²) in [5, 5.41) is 12.7. The summed E-state index contributed by atoms with van der Waals surface area (Å²) in [6.45, 7) is 3.64. The van der Waals surface area contributed by atoms with Gasteiger partial charge in [0.15, 0.2) is 5.54 Å². The van der Waals surface area contributed by atoms with Gasteiger partial charge in [0.1, 0.15) is 0 Å². The minimum atomic E-state index is -1.18. The molecule has 20 heavy (non-hydrogen) atoms. The number of carboxylic acid groups (broad SMARTS) is 1. The third-order valence-electron chi connectivity index (χ3n) is 3.32. The first-order valence-corrected chi connectivity index (χ1v) is 7.06. The minimum absolute atomic E-state index is 0.714. The van der Waals surface area contributed by atoms with E-state index in [2.05, 4.69) is 21.2 Å². The fourth-order valence-corrected chi connectivity index (χ4v) is 2.35. The summed E-state index contributed by atoms with van der Waals surface area (Å²) in [5.74, 6) is -0.919. The summed E-state index contributed by atoms with van der Waals surface area (Å²) < 4.78 is 0.833. The maximum absolute atomic E-state index is 11.7. The first-order valence-electron chi connectivity index (χ1n) is 6.27. The van der Waals surface area contributed by atoms with E-state index < -0.39 is 11.5 Å². The molecule has 0 aliphatic carbocycles. The SMILES string of the molecule is Cc1ccc(C(C)(Nc2ccccc2Br)C(=O)O)cc1. The molecule has 0 saturated heterocycles. The van der Waals surface area contributed by atoms with Crippen molar-refractivity contribution in [2.24, 2.45) is 0 Å². The Balaban J connectivity index is 2.43. The third kappa shape index (κ3) is 2.85. The van der Waals surface area contributed by atoms with Crippen molar-refractivity contribution in [1.82, 2.24) is 0 Å². The van der Waals surface area contributed by atoms with Crippen LogP contribution in [0.2, 0.25) is 0 Å². The topological polar surface area (TPSA) is 49.3 Å². The van der Waals surface area contributed by atoms with Crippen LogP contribution in [0.15, 0.2) is 53.0 Å². The molecule has 2 aromatic carbocycles. The van der Waals surface area contributed by atoms with Crippen molar-refractivity contribution in [3.63, 3.8) is 0 Å². The normalized spacial score (nSPS) is 13.6. The molecule has 0 aromatic heterocycles. The number of nitrogens with one attached hydrogen (secondary N) is 1. The Morgan fingerprint density at radius 2 is 1.75 bits per heavy atom. The van der Waals surface area contributed by atoms with Crippen LogP contribution in [-0.4, -0.2) is 11.1 Å². The Bertz CT molecular complexity index is 625. The quantitative estimate of drug-likeness (QED) is 0.882. The van der Waals surface area contributed by atoms with E-state index in [4.69, 9.17) is 0 Å². The number of hydrogen-bond acceptors (Lipinski definition) is 2. The highest BCUT2D eigenvalue weighted by atomic mass is 79.9. The molecular weight excluding hydrogens is 318 g/mol. The number of carboxylic acids is 1. The van der Waals surface area contributed by atoms with Crippen molar-refractivity contribution in [3.8, 4) is 0 Å². The largest absolute Gasteiger partial charge is 0.479 e. The van der Waals surface area contributed by atoms with Crippen LogP contribution in [0, 0.1) is 6.92 Å². The Kier molecular flexibility index (Phi) is 4.14. The predicted molar refractivity (Wildman–Crippen MR) is 83.9 cm³/mol. The van der Waals surface area contributed by atoms with Crippen LogP contribution in [0.1, 0.15) is 18.1 Å². The van der Waals surface area contributed by atoms with Crippen LogP contribution in [-0.2, 0) is 10.3 Å². The second-order valence-corrected chi connectivity index (χ2v) is 5.76. The number of anilines is 1. The average molecular weight is 334 g/mol. The third-order valence-corrected chi connectivity index (χ3v) is 4.01. The minimum Gasteiger partial charge on any atom is -0.479 e. The molecule has 3 nitrogen and oxygen atoms in total. The van der Waals surface area contributed by atoms with Gasteiger partial charge in [-0.2, -0.15) is 0 Å². The second kappa shape index (κ2) is 5.67. The van der Waals surface area contributed by atoms with E-state index in [0.29, 0.717) is 5.56 Å². The van der Waals surface area contributed by atoms with E-state index in [0.717, 1.165) is 15.7 Å². The van der Waals surface area contributed by atoms with Gasteiger partial charge in [-0.25, -0.2) is 4.79 Å². The van der Waals surface area contributed by atoms with Gasteiger partial charge in [-0.05, 0) is 47.5 Å². The zero-order chi connectivity index (χ0) is 14.8. The van der Waals surface area contributed by atoms with Crippen molar-refractivity contribution in [1.29, 1.82) is 0 Å². The number of benzene rings is 2. The van der Waals surface area contributed by atoms with E-state index in [9.17, 15) is 9.90 Å². The van der Waals surface area contributed by atoms with Crippen molar-refractivity contribution >= 4 is 27.6 Å². The molecule has 0 bridgehead atoms. The van der Waals surface area contributed by atoms with Gasteiger partial charge in [-0.1, -0.05) is 42.0 Å². The van der Waals surface area contributed by atoms with Gasteiger partial charge in [0.2, 0.25) is 0 Å². The predicted octanol–water partition coefficient (Wildman–Crippen LogP) is 4.17. The highest BCUT2D eigenvalue weighted by Crippen LogP contribution is 2.30. The molecule has 1 unspecified atom stereocenters. The molecule has 0 fully saturated rings. The Morgan fingerprint density at radius 1 is 1.15 bits per heavy atom. The maximum Gasteiger partial charge on any atom is 0.333 e. The van der Waals surface area contributed by atoms with Crippen LogP contribution >= 0.6 is 15.9 Å². The summed E-state index contributed by atoms with van der Waals surface area (Å²) in [6, 6.07) is 15.0. The van der Waals surface area contributed by atoms with Gasteiger partial charge in [-0.15, -0.1) is 0 Å². The van der Waals surface area contributed by atoms with Gasteiger partial charge < -0.3 is 10.4 Å². The maximum atomic E-state index is 11.7. The van der Waals surface area contributed by atoms with E-state index in [-0.39, 0.29) is 0 Å². The lowest BCUT2D eigenvalue weighted by Crippen LogP contribution is -2.40. The van der Waals surface area contributed by atoms with Gasteiger partial charge in [0, 0.05) is 10.2 Å². The lowest BCUT2D eigenvalue weighted by atomic mass is 9.91. The first kappa shape index (κ1) is 14.6. The molecule has 0 spiro atoms. The number of aliphatic carboxylic acids is 1. The zero-order valence-electron chi connectivity index (χ0n) is 11.4. The number of halogens is 1.